The highest BCUT2D eigenvalue weighted by atomic mass is 32.2. The largest absolute Gasteiger partial charge is 0.349 e. The van der Waals surface area contributed by atoms with Crippen LogP contribution in [0.2, 0.25) is 0 Å². The number of hydrogen-bond donors (Lipinski definition) is 3. The van der Waals surface area contributed by atoms with Crippen molar-refractivity contribution < 1.29 is 17.6 Å². The number of para-hydroxylation sites is 1. The molecule has 1 aliphatic heterocycles. The van der Waals surface area contributed by atoms with Gasteiger partial charge in [-0.3, -0.25) is 10.6 Å². The Morgan fingerprint density at radius 1 is 1.30 bits per heavy atom. The third-order valence-electron chi connectivity index (χ3n) is 3.29. The molecule has 2 rings (SSSR count). The fourth-order valence-electron chi connectivity index (χ4n) is 2.16. The molecule has 0 spiro atoms. The Kier molecular flexibility index (Phi) is 4.24. The van der Waals surface area contributed by atoms with E-state index in [2.05, 4.69) is 10.7 Å². The number of nitrogen functional groups attached to an aromatic ring is 1. The summed E-state index contributed by atoms with van der Waals surface area (Å²) in [5.41, 5.74) is 2.19. The number of hydrazine groups is 1. The van der Waals surface area contributed by atoms with Gasteiger partial charge in [-0.25, -0.2) is 12.8 Å². The second-order valence-corrected chi connectivity index (χ2v) is 7.01. The topological polar surface area (TPSA) is 101 Å². The van der Waals surface area contributed by atoms with Crippen molar-refractivity contribution in [3.05, 3.63) is 29.6 Å². The first-order valence-electron chi connectivity index (χ1n) is 6.19. The second kappa shape index (κ2) is 5.76. The van der Waals surface area contributed by atoms with Gasteiger partial charge in [0.1, 0.15) is 15.7 Å². The van der Waals surface area contributed by atoms with E-state index in [4.69, 9.17) is 5.84 Å². The van der Waals surface area contributed by atoms with Gasteiger partial charge in [-0.15, -0.1) is 0 Å². The summed E-state index contributed by atoms with van der Waals surface area (Å²) in [6, 6.07) is 3.84. The predicted molar refractivity (Wildman–Crippen MR) is 73.4 cm³/mol. The minimum Gasteiger partial charge on any atom is -0.349 e. The molecule has 0 atom stereocenters. The molecule has 1 aromatic carbocycles. The molecule has 0 radical (unpaired) electrons. The Morgan fingerprint density at radius 3 is 2.55 bits per heavy atom. The number of rotatable bonds is 3. The molecular formula is C12H16FN3O3S. The van der Waals surface area contributed by atoms with Crippen LogP contribution in [0.4, 0.5) is 10.1 Å². The summed E-state index contributed by atoms with van der Waals surface area (Å²) < 4.78 is 36.1. The molecule has 1 aliphatic rings. The number of carbonyl (C=O) groups is 1. The van der Waals surface area contributed by atoms with Gasteiger partial charge in [0.15, 0.2) is 0 Å². The van der Waals surface area contributed by atoms with E-state index in [0.29, 0.717) is 12.8 Å². The number of nitrogens with one attached hydrogen (secondary N) is 2. The number of hydrogen-bond acceptors (Lipinski definition) is 5. The van der Waals surface area contributed by atoms with Crippen LogP contribution in [0.25, 0.3) is 0 Å². The van der Waals surface area contributed by atoms with Crippen LogP contribution in [0.3, 0.4) is 0 Å². The number of amides is 1. The quantitative estimate of drug-likeness (QED) is 0.555. The lowest BCUT2D eigenvalue weighted by molar-refractivity contribution is 0.0934. The summed E-state index contributed by atoms with van der Waals surface area (Å²) in [5, 5.41) is 2.71. The van der Waals surface area contributed by atoms with Gasteiger partial charge in [-0.2, -0.15) is 0 Å². The van der Waals surface area contributed by atoms with E-state index in [9.17, 15) is 17.6 Å². The normalized spacial score (nSPS) is 18.5. The maximum absolute atomic E-state index is 13.5. The lowest BCUT2D eigenvalue weighted by atomic mass is 10.1. The van der Waals surface area contributed by atoms with E-state index in [1.54, 1.807) is 0 Å². The van der Waals surface area contributed by atoms with Crippen molar-refractivity contribution in [1.82, 2.24) is 5.32 Å². The molecule has 1 heterocycles. The molecule has 20 heavy (non-hydrogen) atoms. The Labute approximate surface area is 116 Å². The molecule has 0 bridgehead atoms. The van der Waals surface area contributed by atoms with Crippen LogP contribution in [0.1, 0.15) is 23.2 Å². The van der Waals surface area contributed by atoms with Gasteiger partial charge >= 0.3 is 0 Å². The van der Waals surface area contributed by atoms with Crippen molar-refractivity contribution in [2.45, 2.75) is 18.9 Å². The first-order valence-corrected chi connectivity index (χ1v) is 8.01. The Hall–Kier alpha value is -1.67. The predicted octanol–water partition coefficient (Wildman–Crippen LogP) is 0.418. The SMILES string of the molecule is NNc1c(F)cccc1C(=O)NC1CCS(=O)(=O)CC1. The molecule has 4 N–H and O–H groups in total. The highest BCUT2D eigenvalue weighted by Gasteiger charge is 2.25. The molecule has 1 saturated heterocycles. The standard InChI is InChI=1S/C12H16FN3O3S/c13-10-3-1-2-9(11(10)16-14)12(17)15-8-4-6-20(18,19)7-5-8/h1-3,8,16H,4-7,14H2,(H,15,17). The van der Waals surface area contributed by atoms with Crippen molar-refractivity contribution >= 4 is 21.4 Å². The number of nitrogens with two attached hydrogens (primary N) is 1. The van der Waals surface area contributed by atoms with Crippen LogP contribution >= 0.6 is 0 Å². The van der Waals surface area contributed by atoms with Crippen LogP contribution in [0, 0.1) is 5.82 Å². The highest BCUT2D eigenvalue weighted by molar-refractivity contribution is 7.91. The molecule has 0 unspecified atom stereocenters. The molecule has 0 saturated carbocycles. The Bertz CT molecular complexity index is 604. The van der Waals surface area contributed by atoms with Crippen LogP contribution in [0.5, 0.6) is 0 Å². The van der Waals surface area contributed by atoms with Gasteiger partial charge in [0.25, 0.3) is 5.91 Å². The van der Waals surface area contributed by atoms with Gasteiger partial charge < -0.3 is 10.7 Å². The van der Waals surface area contributed by atoms with Crippen LogP contribution in [-0.2, 0) is 9.84 Å². The van der Waals surface area contributed by atoms with E-state index >= 15 is 0 Å². The first-order chi connectivity index (χ1) is 9.43. The van der Waals surface area contributed by atoms with Crippen molar-refractivity contribution in [2.24, 2.45) is 5.84 Å². The maximum Gasteiger partial charge on any atom is 0.253 e. The maximum atomic E-state index is 13.5. The second-order valence-electron chi connectivity index (χ2n) is 4.71. The van der Waals surface area contributed by atoms with Gasteiger partial charge in [-0.1, -0.05) is 6.07 Å². The molecule has 8 heteroatoms. The summed E-state index contributed by atoms with van der Waals surface area (Å²) in [6.45, 7) is 0. The van der Waals surface area contributed by atoms with Crippen LogP contribution < -0.4 is 16.6 Å². The zero-order valence-electron chi connectivity index (χ0n) is 10.7. The van der Waals surface area contributed by atoms with Crippen LogP contribution in [-0.4, -0.2) is 31.9 Å². The highest BCUT2D eigenvalue weighted by Crippen LogP contribution is 2.19. The zero-order chi connectivity index (χ0) is 14.8. The molecule has 0 aliphatic carbocycles. The Morgan fingerprint density at radius 2 is 1.95 bits per heavy atom. The lowest BCUT2D eigenvalue weighted by Crippen LogP contribution is -2.41. The summed E-state index contributed by atoms with van der Waals surface area (Å²) in [6.07, 6.45) is 0.740. The molecule has 0 aromatic heterocycles. The van der Waals surface area contributed by atoms with Gasteiger partial charge in [0, 0.05) is 6.04 Å². The average molecular weight is 301 g/mol. The molecule has 1 aromatic rings. The third kappa shape index (κ3) is 3.26. The zero-order valence-corrected chi connectivity index (χ0v) is 11.5. The summed E-state index contributed by atoms with van der Waals surface area (Å²) in [5.74, 6) is 4.24. The fourth-order valence-corrected chi connectivity index (χ4v) is 3.65. The van der Waals surface area contributed by atoms with Gasteiger partial charge in [0.2, 0.25) is 0 Å². The molecule has 6 nitrogen and oxygen atoms in total. The fraction of sp³-hybridized carbons (Fsp3) is 0.417. The summed E-state index contributed by atoms with van der Waals surface area (Å²) in [4.78, 5) is 12.1. The first kappa shape index (κ1) is 14.7. The van der Waals surface area contributed by atoms with E-state index in [1.165, 1.54) is 18.2 Å². The van der Waals surface area contributed by atoms with Crippen molar-refractivity contribution in [2.75, 3.05) is 16.9 Å². The van der Waals surface area contributed by atoms with Crippen molar-refractivity contribution in [3.63, 3.8) is 0 Å². The van der Waals surface area contributed by atoms with Gasteiger partial charge in [-0.05, 0) is 25.0 Å². The average Bonchev–Trinajstić information content (AvgIpc) is 2.41. The van der Waals surface area contributed by atoms with Crippen LogP contribution in [0.15, 0.2) is 18.2 Å². The monoisotopic (exact) mass is 301 g/mol. The lowest BCUT2D eigenvalue weighted by Gasteiger charge is -2.23. The van der Waals surface area contributed by atoms with E-state index in [-0.39, 0.29) is 28.8 Å². The minimum absolute atomic E-state index is 0.0586. The van der Waals surface area contributed by atoms with E-state index in [1.807, 2.05) is 0 Å². The number of sulfone groups is 1. The number of halogens is 1. The third-order valence-corrected chi connectivity index (χ3v) is 5.01. The van der Waals surface area contributed by atoms with Gasteiger partial charge in [0.05, 0.1) is 22.8 Å². The number of benzene rings is 1. The number of carbonyl (C=O) groups excluding carboxylic acids is 1. The molecule has 110 valence electrons. The number of anilines is 1. The molecule has 1 fully saturated rings. The molecular weight excluding hydrogens is 285 g/mol. The summed E-state index contributed by atoms with van der Waals surface area (Å²) >= 11 is 0. The van der Waals surface area contributed by atoms with E-state index < -0.39 is 21.6 Å². The van der Waals surface area contributed by atoms with E-state index in [0.717, 1.165) is 0 Å². The molecule has 1 amide bonds. The Balaban J connectivity index is 2.08. The smallest absolute Gasteiger partial charge is 0.253 e. The van der Waals surface area contributed by atoms with Crippen molar-refractivity contribution in [1.29, 1.82) is 0 Å². The minimum atomic E-state index is -2.98. The van der Waals surface area contributed by atoms with Crippen molar-refractivity contribution in [3.8, 4) is 0 Å². The summed E-state index contributed by atoms with van der Waals surface area (Å²) in [7, 11) is -2.98.